The highest BCUT2D eigenvalue weighted by atomic mass is 32.2. The summed E-state index contributed by atoms with van der Waals surface area (Å²) in [6, 6.07) is 0. The zero-order valence-electron chi connectivity index (χ0n) is 5.50. The highest BCUT2D eigenvalue weighted by molar-refractivity contribution is 7.82. The standard InChI is InChI=1S/C6H7NOS2/c1-2-5(8)4-3-10-6(9)7-4/h3H,2H2,1H3,(H,7,9). The van der Waals surface area contributed by atoms with Crippen molar-refractivity contribution >= 4 is 29.7 Å². The molecular weight excluding hydrogens is 166 g/mol. The van der Waals surface area contributed by atoms with Crippen LogP contribution < -0.4 is 0 Å². The summed E-state index contributed by atoms with van der Waals surface area (Å²) in [6.45, 7) is 1.82. The van der Waals surface area contributed by atoms with E-state index in [9.17, 15) is 4.79 Å². The first kappa shape index (κ1) is 7.75. The topological polar surface area (TPSA) is 30.0 Å². The van der Waals surface area contributed by atoms with Crippen LogP contribution >= 0.6 is 24.0 Å². The van der Waals surface area contributed by atoms with Crippen molar-refractivity contribution in [3.63, 3.8) is 0 Å². The van der Waals surface area contributed by atoms with E-state index >= 15 is 0 Å². The minimum Gasteiger partial charge on any atom is -0.292 e. The number of carbonyl (C=O) groups excluding carboxylic acids is 1. The first-order chi connectivity index (χ1) is 4.74. The van der Waals surface area contributed by atoms with Crippen LogP contribution in [0, 0.1) is 0 Å². The molecule has 0 atom stereocenters. The summed E-state index contributed by atoms with van der Waals surface area (Å²) < 4.78 is 0.650. The Balaban J connectivity index is 2.85. The number of nitrogens with zero attached hydrogens (tertiary/aromatic N) is 1. The maximum Gasteiger partial charge on any atom is 0.181 e. The van der Waals surface area contributed by atoms with Crippen molar-refractivity contribution in [1.29, 1.82) is 0 Å². The third-order valence-electron chi connectivity index (χ3n) is 1.10. The fourth-order valence-corrected chi connectivity index (χ4v) is 1.39. The highest BCUT2D eigenvalue weighted by Crippen LogP contribution is 2.13. The fourth-order valence-electron chi connectivity index (χ4n) is 0.573. The smallest absolute Gasteiger partial charge is 0.181 e. The van der Waals surface area contributed by atoms with Crippen molar-refractivity contribution in [2.75, 3.05) is 0 Å². The number of thiol groups is 1. The first-order valence-corrected chi connectivity index (χ1v) is 4.24. The Morgan fingerprint density at radius 1 is 1.90 bits per heavy atom. The normalized spacial score (nSPS) is 9.80. The molecule has 10 heavy (non-hydrogen) atoms. The van der Waals surface area contributed by atoms with Gasteiger partial charge in [-0.3, -0.25) is 4.79 Å². The molecule has 1 aromatic rings. The molecule has 0 bridgehead atoms. The molecule has 0 amide bonds. The molecule has 0 fully saturated rings. The molecule has 4 heteroatoms. The summed E-state index contributed by atoms with van der Waals surface area (Å²) in [7, 11) is 0. The van der Waals surface area contributed by atoms with Gasteiger partial charge in [-0.05, 0) is 0 Å². The van der Waals surface area contributed by atoms with Gasteiger partial charge in [0.15, 0.2) is 5.78 Å². The molecule has 1 aromatic heterocycles. The van der Waals surface area contributed by atoms with Gasteiger partial charge in [-0.15, -0.1) is 24.0 Å². The van der Waals surface area contributed by atoms with Gasteiger partial charge in [-0.25, -0.2) is 4.98 Å². The quantitative estimate of drug-likeness (QED) is 0.548. The largest absolute Gasteiger partial charge is 0.292 e. The van der Waals surface area contributed by atoms with Crippen molar-refractivity contribution < 1.29 is 4.79 Å². The lowest BCUT2D eigenvalue weighted by molar-refractivity contribution is 0.0983. The Hall–Kier alpha value is -0.350. The van der Waals surface area contributed by atoms with Crippen molar-refractivity contribution in [2.45, 2.75) is 17.7 Å². The third kappa shape index (κ3) is 1.58. The molecule has 0 unspecified atom stereocenters. The summed E-state index contributed by atoms with van der Waals surface area (Å²) >= 11 is 5.37. The second-order valence-corrected chi connectivity index (χ2v) is 3.38. The van der Waals surface area contributed by atoms with Crippen LogP contribution in [0.4, 0.5) is 0 Å². The van der Waals surface area contributed by atoms with E-state index in [0.29, 0.717) is 16.5 Å². The zero-order valence-corrected chi connectivity index (χ0v) is 7.21. The summed E-state index contributed by atoms with van der Waals surface area (Å²) in [6.07, 6.45) is 0.511. The maximum absolute atomic E-state index is 10.9. The van der Waals surface area contributed by atoms with Crippen LogP contribution in [0.1, 0.15) is 23.8 Å². The van der Waals surface area contributed by atoms with Crippen molar-refractivity contribution in [3.05, 3.63) is 11.1 Å². The van der Waals surface area contributed by atoms with Gasteiger partial charge in [0, 0.05) is 11.8 Å². The lowest BCUT2D eigenvalue weighted by Gasteiger charge is -1.86. The van der Waals surface area contributed by atoms with E-state index in [-0.39, 0.29) is 5.78 Å². The molecule has 0 radical (unpaired) electrons. The number of aromatic nitrogens is 1. The number of carbonyl (C=O) groups is 1. The number of hydrogen-bond donors (Lipinski definition) is 1. The molecule has 2 nitrogen and oxygen atoms in total. The molecule has 54 valence electrons. The molecule has 0 aliphatic heterocycles. The number of ketones is 1. The van der Waals surface area contributed by atoms with Gasteiger partial charge in [0.2, 0.25) is 0 Å². The minimum atomic E-state index is 0.0801. The highest BCUT2D eigenvalue weighted by Gasteiger charge is 2.05. The minimum absolute atomic E-state index is 0.0801. The van der Waals surface area contributed by atoms with Gasteiger partial charge >= 0.3 is 0 Å². The lowest BCUT2D eigenvalue weighted by Crippen LogP contribution is -1.95. The van der Waals surface area contributed by atoms with Crippen molar-refractivity contribution in [2.24, 2.45) is 0 Å². The van der Waals surface area contributed by atoms with Gasteiger partial charge in [0.25, 0.3) is 0 Å². The Bertz CT molecular complexity index is 244. The summed E-state index contributed by atoms with van der Waals surface area (Å²) in [5, 5.41) is 1.73. The number of Topliss-reactive ketones (excluding diaryl/α,β-unsaturated/α-hetero) is 1. The predicted molar refractivity (Wildman–Crippen MR) is 44.0 cm³/mol. The second-order valence-electron chi connectivity index (χ2n) is 1.79. The van der Waals surface area contributed by atoms with Crippen LogP contribution in [0.25, 0.3) is 0 Å². The molecule has 0 saturated carbocycles. The van der Waals surface area contributed by atoms with Crippen LogP contribution in [-0.2, 0) is 0 Å². The fraction of sp³-hybridized carbons (Fsp3) is 0.333. The Morgan fingerprint density at radius 2 is 2.60 bits per heavy atom. The van der Waals surface area contributed by atoms with Crippen LogP contribution in [0.5, 0.6) is 0 Å². The Labute approximate surface area is 68.7 Å². The number of thiazole rings is 1. The molecule has 1 heterocycles. The van der Waals surface area contributed by atoms with E-state index in [0.717, 1.165) is 0 Å². The molecule has 0 N–H and O–H groups in total. The van der Waals surface area contributed by atoms with Crippen LogP contribution in [0.2, 0.25) is 0 Å². The maximum atomic E-state index is 10.9. The van der Waals surface area contributed by atoms with Crippen molar-refractivity contribution in [3.8, 4) is 0 Å². The summed E-state index contributed by atoms with van der Waals surface area (Å²) in [5.41, 5.74) is 0.539. The Kier molecular flexibility index (Phi) is 2.45. The van der Waals surface area contributed by atoms with E-state index < -0.39 is 0 Å². The summed E-state index contributed by atoms with van der Waals surface area (Å²) in [4.78, 5) is 14.9. The first-order valence-electron chi connectivity index (χ1n) is 2.91. The summed E-state index contributed by atoms with van der Waals surface area (Å²) in [5.74, 6) is 0.0801. The molecule has 0 aliphatic rings. The lowest BCUT2D eigenvalue weighted by atomic mass is 10.2. The van der Waals surface area contributed by atoms with Gasteiger partial charge in [0.1, 0.15) is 10.0 Å². The number of rotatable bonds is 2. The number of hydrogen-bond acceptors (Lipinski definition) is 4. The van der Waals surface area contributed by atoms with E-state index in [1.54, 1.807) is 5.38 Å². The van der Waals surface area contributed by atoms with E-state index in [2.05, 4.69) is 17.6 Å². The molecule has 1 rings (SSSR count). The van der Waals surface area contributed by atoms with Crippen LogP contribution in [-0.4, -0.2) is 10.8 Å². The molecule has 0 aromatic carbocycles. The van der Waals surface area contributed by atoms with Crippen LogP contribution in [0.15, 0.2) is 9.72 Å². The molecular formula is C6H7NOS2. The predicted octanol–water partition coefficient (Wildman–Crippen LogP) is 2.02. The van der Waals surface area contributed by atoms with Gasteiger partial charge in [-0.1, -0.05) is 6.92 Å². The van der Waals surface area contributed by atoms with Gasteiger partial charge < -0.3 is 0 Å². The van der Waals surface area contributed by atoms with E-state index in [1.165, 1.54) is 11.3 Å². The van der Waals surface area contributed by atoms with Gasteiger partial charge in [-0.2, -0.15) is 0 Å². The molecule has 0 spiro atoms. The average molecular weight is 173 g/mol. The average Bonchev–Trinajstić information content (AvgIpc) is 2.34. The third-order valence-corrected chi connectivity index (χ3v) is 2.16. The SMILES string of the molecule is CCC(=O)c1csc(S)n1. The van der Waals surface area contributed by atoms with Gasteiger partial charge in [0.05, 0.1) is 0 Å². The van der Waals surface area contributed by atoms with E-state index in [4.69, 9.17) is 0 Å². The second kappa shape index (κ2) is 3.16. The Morgan fingerprint density at radius 3 is 3.00 bits per heavy atom. The molecule has 0 saturated heterocycles. The van der Waals surface area contributed by atoms with Crippen LogP contribution in [0.3, 0.4) is 0 Å². The van der Waals surface area contributed by atoms with E-state index in [1.807, 2.05) is 6.92 Å². The zero-order chi connectivity index (χ0) is 7.56. The monoisotopic (exact) mass is 173 g/mol. The van der Waals surface area contributed by atoms with Crippen molar-refractivity contribution in [1.82, 2.24) is 4.98 Å². The molecule has 0 aliphatic carbocycles.